The highest BCUT2D eigenvalue weighted by Crippen LogP contribution is 2.29. The molecule has 1 aromatic rings. The van der Waals surface area contributed by atoms with Crippen LogP contribution in [0.15, 0.2) is 12.1 Å². The second kappa shape index (κ2) is 8.74. The molecule has 5 nitrogen and oxygen atoms in total. The third kappa shape index (κ3) is 5.10. The molecule has 118 valence electrons. The van der Waals surface area contributed by atoms with Gasteiger partial charge in [0, 0.05) is 12.6 Å². The summed E-state index contributed by atoms with van der Waals surface area (Å²) >= 11 is 5.93. The van der Waals surface area contributed by atoms with Crippen LogP contribution in [0.3, 0.4) is 0 Å². The molecule has 6 heteroatoms. The Bertz CT molecular complexity index is 476. The average Bonchev–Trinajstić information content (AvgIpc) is 2.49. The lowest BCUT2D eigenvalue weighted by molar-refractivity contribution is 0.0486. The number of methoxy groups -OCH3 is 1. The van der Waals surface area contributed by atoms with Crippen molar-refractivity contribution in [1.82, 2.24) is 4.90 Å². The Morgan fingerprint density at radius 1 is 1.33 bits per heavy atom. The number of ether oxygens (including phenoxy) is 2. The molecular formula is C15H23ClN2O3. The smallest absolute Gasteiger partial charge is 0.341 e. The normalized spacial score (nSPS) is 10.7. The van der Waals surface area contributed by atoms with Gasteiger partial charge in [0.15, 0.2) is 0 Å². The zero-order chi connectivity index (χ0) is 15.8. The summed E-state index contributed by atoms with van der Waals surface area (Å²) in [5.41, 5.74) is 6.34. The predicted octanol–water partition coefficient (Wildman–Crippen LogP) is 2.82. The lowest BCUT2D eigenvalue weighted by atomic mass is 10.2. The highest BCUT2D eigenvalue weighted by molar-refractivity contribution is 6.33. The van der Waals surface area contributed by atoms with E-state index in [-0.39, 0.29) is 0 Å². The minimum atomic E-state index is -0.451. The number of benzene rings is 1. The minimum absolute atomic E-state index is 0.291. The van der Waals surface area contributed by atoms with Gasteiger partial charge in [0.1, 0.15) is 11.3 Å². The molecule has 0 atom stereocenters. The number of esters is 1. The summed E-state index contributed by atoms with van der Waals surface area (Å²) in [6.45, 7) is 7.46. The first-order valence-electron chi connectivity index (χ1n) is 7.05. The highest BCUT2D eigenvalue weighted by atomic mass is 35.5. The van der Waals surface area contributed by atoms with E-state index >= 15 is 0 Å². The van der Waals surface area contributed by atoms with Crippen LogP contribution >= 0.6 is 11.6 Å². The molecule has 0 radical (unpaired) electrons. The SMILES string of the molecule is CCN(CC)CCCOC(=O)c1cc(Cl)c(N)cc1OC. The van der Waals surface area contributed by atoms with Crippen LogP contribution in [0.1, 0.15) is 30.6 Å². The fraction of sp³-hybridized carbons (Fsp3) is 0.533. The number of rotatable bonds is 8. The molecule has 0 bridgehead atoms. The van der Waals surface area contributed by atoms with Crippen LogP contribution < -0.4 is 10.5 Å². The van der Waals surface area contributed by atoms with Crippen molar-refractivity contribution < 1.29 is 14.3 Å². The van der Waals surface area contributed by atoms with Crippen molar-refractivity contribution in [2.45, 2.75) is 20.3 Å². The van der Waals surface area contributed by atoms with Crippen LogP contribution in [0.5, 0.6) is 5.75 Å². The van der Waals surface area contributed by atoms with Gasteiger partial charge in [0.2, 0.25) is 0 Å². The fourth-order valence-electron chi connectivity index (χ4n) is 1.97. The van der Waals surface area contributed by atoms with Gasteiger partial charge in [-0.15, -0.1) is 0 Å². The van der Waals surface area contributed by atoms with Crippen molar-refractivity contribution in [3.05, 3.63) is 22.7 Å². The monoisotopic (exact) mass is 314 g/mol. The predicted molar refractivity (Wildman–Crippen MR) is 85.1 cm³/mol. The Hall–Kier alpha value is -1.46. The van der Waals surface area contributed by atoms with Crippen LogP contribution in [0.4, 0.5) is 5.69 Å². The van der Waals surface area contributed by atoms with Crippen molar-refractivity contribution in [3.63, 3.8) is 0 Å². The number of anilines is 1. The zero-order valence-electron chi connectivity index (χ0n) is 12.8. The summed E-state index contributed by atoms with van der Waals surface area (Å²) < 4.78 is 10.4. The number of nitrogen functional groups attached to an aromatic ring is 1. The van der Waals surface area contributed by atoms with Crippen molar-refractivity contribution in [2.75, 3.05) is 39.1 Å². The Morgan fingerprint density at radius 3 is 2.57 bits per heavy atom. The number of nitrogens with zero attached hydrogens (tertiary/aromatic N) is 1. The molecule has 0 heterocycles. The van der Waals surface area contributed by atoms with E-state index in [9.17, 15) is 4.79 Å². The average molecular weight is 315 g/mol. The minimum Gasteiger partial charge on any atom is -0.496 e. The van der Waals surface area contributed by atoms with Crippen LogP contribution in [-0.2, 0) is 4.74 Å². The van der Waals surface area contributed by atoms with Crippen LogP contribution in [0.25, 0.3) is 0 Å². The summed E-state index contributed by atoms with van der Waals surface area (Å²) in [4.78, 5) is 14.3. The lowest BCUT2D eigenvalue weighted by Crippen LogP contribution is -2.25. The maximum absolute atomic E-state index is 12.1. The van der Waals surface area contributed by atoms with Crippen LogP contribution in [-0.4, -0.2) is 44.2 Å². The third-order valence-corrected chi connectivity index (χ3v) is 3.61. The molecule has 0 aliphatic carbocycles. The summed E-state index contributed by atoms with van der Waals surface area (Å²) in [5.74, 6) is -0.0843. The van der Waals surface area contributed by atoms with E-state index in [2.05, 4.69) is 18.7 Å². The van der Waals surface area contributed by atoms with Crippen molar-refractivity contribution in [3.8, 4) is 5.75 Å². The lowest BCUT2D eigenvalue weighted by Gasteiger charge is -2.17. The first-order chi connectivity index (χ1) is 10.0. The topological polar surface area (TPSA) is 64.8 Å². The molecule has 0 aliphatic heterocycles. The molecule has 0 saturated heterocycles. The molecule has 0 aromatic heterocycles. The van der Waals surface area contributed by atoms with E-state index in [1.807, 2.05) is 0 Å². The van der Waals surface area contributed by atoms with Crippen molar-refractivity contribution in [2.24, 2.45) is 0 Å². The van der Waals surface area contributed by atoms with E-state index in [0.29, 0.717) is 28.6 Å². The maximum Gasteiger partial charge on any atom is 0.341 e. The van der Waals surface area contributed by atoms with Gasteiger partial charge >= 0.3 is 5.97 Å². The van der Waals surface area contributed by atoms with Gasteiger partial charge < -0.3 is 20.1 Å². The van der Waals surface area contributed by atoms with E-state index < -0.39 is 5.97 Å². The number of nitrogens with two attached hydrogens (primary N) is 1. The molecule has 0 amide bonds. The first kappa shape index (κ1) is 17.6. The van der Waals surface area contributed by atoms with Gasteiger partial charge in [0.05, 0.1) is 24.4 Å². The molecule has 2 N–H and O–H groups in total. The van der Waals surface area contributed by atoms with Crippen LogP contribution in [0, 0.1) is 0 Å². The van der Waals surface area contributed by atoms with Crippen molar-refractivity contribution >= 4 is 23.3 Å². The number of carbonyl (C=O) groups is 1. The standard InChI is InChI=1S/C15H23ClN2O3/c1-4-18(5-2)7-6-8-21-15(19)11-9-12(16)13(17)10-14(11)20-3/h9-10H,4-8,17H2,1-3H3. The molecular weight excluding hydrogens is 292 g/mol. The van der Waals surface area contributed by atoms with Gasteiger partial charge in [-0.3, -0.25) is 0 Å². The van der Waals surface area contributed by atoms with E-state index in [0.717, 1.165) is 26.1 Å². The molecule has 0 fully saturated rings. The second-order valence-corrected chi connectivity index (χ2v) is 5.00. The quantitative estimate of drug-likeness (QED) is 0.454. The Labute approximate surface area is 131 Å². The van der Waals surface area contributed by atoms with Crippen molar-refractivity contribution in [1.29, 1.82) is 0 Å². The van der Waals surface area contributed by atoms with Gasteiger partial charge in [-0.05, 0) is 25.6 Å². The molecule has 0 saturated carbocycles. The van der Waals surface area contributed by atoms with Gasteiger partial charge in [-0.2, -0.15) is 0 Å². The summed E-state index contributed by atoms with van der Waals surface area (Å²) in [5, 5.41) is 0.311. The zero-order valence-corrected chi connectivity index (χ0v) is 13.6. The summed E-state index contributed by atoms with van der Waals surface area (Å²) in [6, 6.07) is 3.00. The summed E-state index contributed by atoms with van der Waals surface area (Å²) in [7, 11) is 1.47. The van der Waals surface area contributed by atoms with E-state index in [1.165, 1.54) is 19.2 Å². The van der Waals surface area contributed by atoms with E-state index in [1.54, 1.807) is 0 Å². The number of hydrogen-bond acceptors (Lipinski definition) is 5. The number of hydrogen-bond donors (Lipinski definition) is 1. The van der Waals surface area contributed by atoms with E-state index in [4.69, 9.17) is 26.8 Å². The molecule has 1 aromatic carbocycles. The Kier molecular flexibility index (Phi) is 7.32. The number of halogens is 1. The highest BCUT2D eigenvalue weighted by Gasteiger charge is 2.16. The molecule has 0 aliphatic rings. The Balaban J connectivity index is 2.58. The number of carbonyl (C=O) groups excluding carboxylic acids is 1. The van der Waals surface area contributed by atoms with Crippen LogP contribution in [0.2, 0.25) is 5.02 Å². The summed E-state index contributed by atoms with van der Waals surface area (Å²) in [6.07, 6.45) is 0.790. The first-order valence-corrected chi connectivity index (χ1v) is 7.43. The van der Waals surface area contributed by atoms with Gasteiger partial charge in [-0.1, -0.05) is 25.4 Å². The molecule has 21 heavy (non-hydrogen) atoms. The second-order valence-electron chi connectivity index (χ2n) is 4.59. The van der Waals surface area contributed by atoms with Gasteiger partial charge in [-0.25, -0.2) is 4.79 Å². The third-order valence-electron chi connectivity index (χ3n) is 3.28. The molecule has 1 rings (SSSR count). The molecule has 0 unspecified atom stereocenters. The van der Waals surface area contributed by atoms with Gasteiger partial charge in [0.25, 0.3) is 0 Å². The Morgan fingerprint density at radius 2 is 2.00 bits per heavy atom. The maximum atomic E-state index is 12.1. The fourth-order valence-corrected chi connectivity index (χ4v) is 2.13. The molecule has 0 spiro atoms. The largest absolute Gasteiger partial charge is 0.496 e.